The van der Waals surface area contributed by atoms with Crippen LogP contribution in [0.15, 0.2) is 30.3 Å². The largest absolute Gasteiger partial charge is 0.359 e. The van der Waals surface area contributed by atoms with Crippen LogP contribution in [0.4, 0.5) is 0 Å². The fourth-order valence-electron chi connectivity index (χ4n) is 5.32. The third-order valence-electron chi connectivity index (χ3n) is 6.55. The SMILES string of the molecule is CCCC[C@H]1[C@H](OCOC)CCC[C@]12CCCCN2C(=O)c1ccccc1. The highest BCUT2D eigenvalue weighted by atomic mass is 16.7. The summed E-state index contributed by atoms with van der Waals surface area (Å²) in [5.74, 6) is 0.596. The molecule has 1 aromatic rings. The monoisotopic (exact) mass is 373 g/mol. The van der Waals surface area contributed by atoms with Crippen molar-refractivity contribution in [3.63, 3.8) is 0 Å². The minimum absolute atomic E-state index is 0.0585. The van der Waals surface area contributed by atoms with Crippen molar-refractivity contribution in [1.82, 2.24) is 4.90 Å². The lowest BCUT2D eigenvalue weighted by Crippen LogP contribution is -2.63. The van der Waals surface area contributed by atoms with E-state index in [1.165, 1.54) is 19.3 Å². The molecule has 1 aromatic carbocycles. The lowest BCUT2D eigenvalue weighted by molar-refractivity contribution is -0.143. The number of methoxy groups -OCH3 is 1. The molecule has 0 aromatic heterocycles. The molecule has 1 saturated heterocycles. The Labute approximate surface area is 164 Å². The van der Waals surface area contributed by atoms with Crippen LogP contribution in [-0.4, -0.2) is 42.9 Å². The van der Waals surface area contributed by atoms with Crippen molar-refractivity contribution in [2.45, 2.75) is 76.4 Å². The molecule has 1 saturated carbocycles. The van der Waals surface area contributed by atoms with E-state index in [4.69, 9.17) is 9.47 Å². The van der Waals surface area contributed by atoms with Crippen LogP contribution < -0.4 is 0 Å². The number of hydrogen-bond acceptors (Lipinski definition) is 3. The Bertz CT molecular complexity index is 587. The predicted molar refractivity (Wildman–Crippen MR) is 108 cm³/mol. The second-order valence-corrected chi connectivity index (χ2v) is 8.14. The Balaban J connectivity index is 1.91. The Morgan fingerprint density at radius 3 is 2.70 bits per heavy atom. The molecule has 4 heteroatoms. The molecule has 4 nitrogen and oxygen atoms in total. The highest BCUT2D eigenvalue weighted by molar-refractivity contribution is 5.94. The van der Waals surface area contributed by atoms with E-state index in [1.54, 1.807) is 7.11 Å². The first kappa shape index (κ1) is 20.3. The first-order chi connectivity index (χ1) is 13.2. The molecule has 0 bridgehead atoms. The number of benzene rings is 1. The molecule has 0 N–H and O–H groups in total. The molecule has 1 aliphatic carbocycles. The number of unbranched alkanes of at least 4 members (excludes halogenated alkanes) is 1. The third kappa shape index (κ3) is 4.38. The van der Waals surface area contributed by atoms with E-state index >= 15 is 0 Å². The number of carbonyl (C=O) groups excluding carboxylic acids is 1. The van der Waals surface area contributed by atoms with Crippen LogP contribution in [-0.2, 0) is 9.47 Å². The zero-order chi connectivity index (χ0) is 19.1. The first-order valence-electron chi connectivity index (χ1n) is 10.7. The number of amides is 1. The molecule has 0 unspecified atom stereocenters. The Kier molecular flexibility index (Phi) is 7.31. The van der Waals surface area contributed by atoms with E-state index in [1.807, 2.05) is 30.3 Å². The van der Waals surface area contributed by atoms with E-state index < -0.39 is 0 Å². The summed E-state index contributed by atoms with van der Waals surface area (Å²) in [6.45, 7) is 3.46. The van der Waals surface area contributed by atoms with Crippen LogP contribution in [0.2, 0.25) is 0 Å². The zero-order valence-electron chi connectivity index (χ0n) is 17.0. The van der Waals surface area contributed by atoms with Crippen LogP contribution >= 0.6 is 0 Å². The van der Waals surface area contributed by atoms with Crippen molar-refractivity contribution in [2.24, 2.45) is 5.92 Å². The van der Waals surface area contributed by atoms with Crippen molar-refractivity contribution in [3.8, 4) is 0 Å². The van der Waals surface area contributed by atoms with Gasteiger partial charge in [0.05, 0.1) is 6.10 Å². The van der Waals surface area contributed by atoms with Gasteiger partial charge in [-0.1, -0.05) is 38.0 Å². The number of nitrogens with zero attached hydrogens (tertiary/aromatic N) is 1. The summed E-state index contributed by atoms with van der Waals surface area (Å²) in [6, 6.07) is 9.80. The van der Waals surface area contributed by atoms with Gasteiger partial charge in [-0.05, 0) is 57.1 Å². The maximum Gasteiger partial charge on any atom is 0.254 e. The fourth-order valence-corrected chi connectivity index (χ4v) is 5.32. The van der Waals surface area contributed by atoms with E-state index in [0.29, 0.717) is 12.7 Å². The molecule has 1 spiro atoms. The number of piperidine rings is 1. The second-order valence-electron chi connectivity index (χ2n) is 8.14. The minimum atomic E-state index is -0.0585. The highest BCUT2D eigenvalue weighted by Crippen LogP contribution is 2.48. The van der Waals surface area contributed by atoms with Crippen LogP contribution in [0.1, 0.15) is 75.1 Å². The van der Waals surface area contributed by atoms with Gasteiger partial charge < -0.3 is 14.4 Å². The summed E-state index contributed by atoms with van der Waals surface area (Å²) < 4.78 is 11.4. The second kappa shape index (κ2) is 9.70. The lowest BCUT2D eigenvalue weighted by Gasteiger charge is -2.56. The van der Waals surface area contributed by atoms with Crippen LogP contribution in [0.3, 0.4) is 0 Å². The van der Waals surface area contributed by atoms with E-state index in [9.17, 15) is 4.79 Å². The van der Waals surface area contributed by atoms with Gasteiger partial charge in [-0.3, -0.25) is 4.79 Å². The third-order valence-corrected chi connectivity index (χ3v) is 6.55. The average molecular weight is 374 g/mol. The van der Waals surface area contributed by atoms with Gasteiger partial charge in [0.15, 0.2) is 0 Å². The van der Waals surface area contributed by atoms with Gasteiger partial charge in [0.2, 0.25) is 0 Å². The molecule has 3 rings (SSSR count). The fraction of sp³-hybridized carbons (Fsp3) is 0.696. The molecule has 2 aliphatic rings. The Morgan fingerprint density at radius 1 is 1.19 bits per heavy atom. The van der Waals surface area contributed by atoms with E-state index in [-0.39, 0.29) is 17.6 Å². The molecule has 150 valence electrons. The Hall–Kier alpha value is -1.39. The van der Waals surface area contributed by atoms with Crippen LogP contribution in [0, 0.1) is 5.92 Å². The normalized spacial score (nSPS) is 28.4. The van der Waals surface area contributed by atoms with Gasteiger partial charge in [-0.25, -0.2) is 0 Å². The summed E-state index contributed by atoms with van der Waals surface area (Å²) in [6.07, 6.45) is 10.4. The number of hydrogen-bond donors (Lipinski definition) is 0. The standard InChI is InChI=1S/C23H35NO3/c1-3-4-13-20-21(27-18-26-2)14-10-16-23(20)15-8-9-17-24(23)22(25)19-11-6-5-7-12-19/h5-7,11-12,20-21H,3-4,8-10,13-18H2,1-2H3/t20-,21+,23+/m0/s1. The molecule has 1 amide bonds. The molecule has 1 heterocycles. The summed E-state index contributed by atoms with van der Waals surface area (Å²) in [5.41, 5.74) is 0.754. The molecular formula is C23H35NO3. The Morgan fingerprint density at radius 2 is 1.96 bits per heavy atom. The lowest BCUT2D eigenvalue weighted by atomic mass is 9.64. The summed E-state index contributed by atoms with van der Waals surface area (Å²) in [7, 11) is 1.69. The van der Waals surface area contributed by atoms with Crippen molar-refractivity contribution in [1.29, 1.82) is 0 Å². The molecule has 2 fully saturated rings. The highest BCUT2D eigenvalue weighted by Gasteiger charge is 2.51. The van der Waals surface area contributed by atoms with Crippen molar-refractivity contribution >= 4 is 5.91 Å². The molecule has 27 heavy (non-hydrogen) atoms. The van der Waals surface area contributed by atoms with Gasteiger partial charge >= 0.3 is 0 Å². The molecule has 1 aliphatic heterocycles. The average Bonchev–Trinajstić information content (AvgIpc) is 2.72. The topological polar surface area (TPSA) is 38.8 Å². The zero-order valence-corrected chi connectivity index (χ0v) is 17.0. The molecule has 3 atom stereocenters. The first-order valence-corrected chi connectivity index (χ1v) is 10.7. The van der Waals surface area contributed by atoms with Crippen molar-refractivity contribution < 1.29 is 14.3 Å². The van der Waals surface area contributed by atoms with Crippen LogP contribution in [0.5, 0.6) is 0 Å². The predicted octanol–water partition coefficient (Wildman–Crippen LogP) is 5.03. The van der Waals surface area contributed by atoms with Gasteiger partial charge in [0.25, 0.3) is 5.91 Å². The van der Waals surface area contributed by atoms with Gasteiger partial charge in [-0.2, -0.15) is 0 Å². The summed E-state index contributed by atoms with van der Waals surface area (Å²) in [4.78, 5) is 15.7. The van der Waals surface area contributed by atoms with E-state index in [2.05, 4.69) is 11.8 Å². The van der Waals surface area contributed by atoms with Crippen molar-refractivity contribution in [2.75, 3.05) is 20.4 Å². The number of likely N-dealkylation sites (tertiary alicyclic amines) is 1. The summed E-state index contributed by atoms with van der Waals surface area (Å²) in [5, 5.41) is 0. The summed E-state index contributed by atoms with van der Waals surface area (Å²) >= 11 is 0. The van der Waals surface area contributed by atoms with E-state index in [0.717, 1.165) is 50.6 Å². The molecule has 0 radical (unpaired) electrons. The maximum atomic E-state index is 13.5. The maximum absolute atomic E-state index is 13.5. The number of rotatable bonds is 7. The quantitative estimate of drug-likeness (QED) is 0.629. The van der Waals surface area contributed by atoms with Crippen LogP contribution in [0.25, 0.3) is 0 Å². The smallest absolute Gasteiger partial charge is 0.254 e. The van der Waals surface area contributed by atoms with Crippen molar-refractivity contribution in [3.05, 3.63) is 35.9 Å². The number of ether oxygens (including phenoxy) is 2. The van der Waals surface area contributed by atoms with Gasteiger partial charge in [-0.15, -0.1) is 0 Å². The van der Waals surface area contributed by atoms with Gasteiger partial charge in [0, 0.05) is 30.7 Å². The molecular weight excluding hydrogens is 338 g/mol. The number of carbonyl (C=O) groups is 1. The minimum Gasteiger partial charge on any atom is -0.359 e. The van der Waals surface area contributed by atoms with Gasteiger partial charge in [0.1, 0.15) is 6.79 Å².